The van der Waals surface area contributed by atoms with Gasteiger partial charge in [-0.05, 0) is 51.0 Å². The molecule has 18 heavy (non-hydrogen) atoms. The van der Waals surface area contributed by atoms with E-state index in [1.807, 2.05) is 48.5 Å². The molecule has 0 spiro atoms. The van der Waals surface area contributed by atoms with E-state index in [1.165, 1.54) is 10.8 Å². The van der Waals surface area contributed by atoms with Crippen molar-refractivity contribution in [3.63, 3.8) is 0 Å². The van der Waals surface area contributed by atoms with Crippen LogP contribution in [0.25, 0.3) is 10.8 Å². The van der Waals surface area contributed by atoms with Crippen LogP contribution in [0.1, 0.15) is 0 Å². The summed E-state index contributed by atoms with van der Waals surface area (Å²) >= 11 is 3.55. The lowest BCUT2D eigenvalue weighted by Crippen LogP contribution is -1.85. The molecule has 0 aliphatic heterocycles. The highest BCUT2D eigenvalue weighted by atomic mass is 79.9. The first-order valence-corrected chi connectivity index (χ1v) is 6.53. The first-order chi connectivity index (χ1) is 8.83. The third-order valence-electron chi connectivity index (χ3n) is 2.77. The zero-order chi connectivity index (χ0) is 12.4. The van der Waals surface area contributed by atoms with Crippen molar-refractivity contribution in [1.29, 1.82) is 0 Å². The van der Waals surface area contributed by atoms with Gasteiger partial charge in [-0.3, -0.25) is 0 Å². The van der Waals surface area contributed by atoms with Crippen molar-refractivity contribution in [2.75, 3.05) is 0 Å². The number of hydrogen-bond donors (Lipinski definition) is 0. The molecule has 2 heteroatoms. The number of ether oxygens (including phenoxy) is 1. The maximum Gasteiger partial charge on any atom is 0.142 e. The number of rotatable bonds is 2. The van der Waals surface area contributed by atoms with Crippen LogP contribution in [0.3, 0.4) is 0 Å². The average Bonchev–Trinajstić information content (AvgIpc) is 2.41. The summed E-state index contributed by atoms with van der Waals surface area (Å²) in [6, 6.07) is 22.2. The van der Waals surface area contributed by atoms with Gasteiger partial charge in [0, 0.05) is 0 Å². The summed E-state index contributed by atoms with van der Waals surface area (Å²) in [5.41, 5.74) is 0. The molecule has 0 aliphatic carbocycles. The summed E-state index contributed by atoms with van der Waals surface area (Å²) in [6.45, 7) is 0. The van der Waals surface area contributed by atoms with Gasteiger partial charge in [0.15, 0.2) is 0 Å². The number of para-hydroxylation sites is 1. The summed E-state index contributed by atoms with van der Waals surface area (Å²) in [7, 11) is 0. The molecule has 0 aliphatic rings. The van der Waals surface area contributed by atoms with Crippen LogP contribution in [-0.4, -0.2) is 0 Å². The largest absolute Gasteiger partial charge is 0.456 e. The minimum atomic E-state index is 0.833. The van der Waals surface area contributed by atoms with Crippen molar-refractivity contribution in [3.05, 3.63) is 71.2 Å². The van der Waals surface area contributed by atoms with E-state index < -0.39 is 0 Å². The SMILES string of the molecule is Brc1cc2ccccc2cc1Oc1ccccc1. The van der Waals surface area contributed by atoms with Gasteiger partial charge in [-0.2, -0.15) is 0 Å². The highest BCUT2D eigenvalue weighted by molar-refractivity contribution is 9.10. The predicted octanol–water partition coefficient (Wildman–Crippen LogP) is 5.39. The Morgan fingerprint density at radius 2 is 1.33 bits per heavy atom. The molecule has 0 unspecified atom stereocenters. The molecule has 0 heterocycles. The highest BCUT2D eigenvalue weighted by Gasteiger charge is 2.04. The molecule has 0 radical (unpaired) electrons. The molecule has 0 atom stereocenters. The lowest BCUT2D eigenvalue weighted by atomic mass is 10.1. The number of fused-ring (bicyclic) bond motifs is 1. The van der Waals surface area contributed by atoms with E-state index in [0.717, 1.165) is 16.0 Å². The maximum absolute atomic E-state index is 5.87. The smallest absolute Gasteiger partial charge is 0.142 e. The van der Waals surface area contributed by atoms with E-state index in [4.69, 9.17) is 4.74 Å². The summed E-state index contributed by atoms with van der Waals surface area (Å²) in [4.78, 5) is 0. The van der Waals surface area contributed by atoms with Gasteiger partial charge < -0.3 is 4.74 Å². The molecular formula is C16H11BrO. The molecule has 1 nitrogen and oxygen atoms in total. The van der Waals surface area contributed by atoms with Crippen molar-refractivity contribution in [2.45, 2.75) is 0 Å². The van der Waals surface area contributed by atoms with Crippen LogP contribution in [-0.2, 0) is 0 Å². The van der Waals surface area contributed by atoms with Gasteiger partial charge in [0.1, 0.15) is 11.5 Å². The number of hydrogen-bond acceptors (Lipinski definition) is 1. The second-order valence-electron chi connectivity index (χ2n) is 4.04. The van der Waals surface area contributed by atoms with Crippen LogP contribution < -0.4 is 4.74 Å². The number of benzene rings is 3. The monoisotopic (exact) mass is 298 g/mol. The van der Waals surface area contributed by atoms with E-state index in [1.54, 1.807) is 0 Å². The van der Waals surface area contributed by atoms with Gasteiger partial charge in [0.2, 0.25) is 0 Å². The molecule has 0 saturated carbocycles. The van der Waals surface area contributed by atoms with E-state index in [-0.39, 0.29) is 0 Å². The molecule has 88 valence electrons. The van der Waals surface area contributed by atoms with Crippen molar-refractivity contribution in [3.8, 4) is 11.5 Å². The Kier molecular flexibility index (Phi) is 3.03. The molecule has 0 amide bonds. The second-order valence-corrected chi connectivity index (χ2v) is 4.90. The quantitative estimate of drug-likeness (QED) is 0.616. The first-order valence-electron chi connectivity index (χ1n) is 5.74. The molecule has 0 saturated heterocycles. The predicted molar refractivity (Wildman–Crippen MR) is 78.2 cm³/mol. The molecule has 3 rings (SSSR count). The third kappa shape index (κ3) is 2.24. The fraction of sp³-hybridized carbons (Fsp3) is 0. The second kappa shape index (κ2) is 4.83. The van der Waals surface area contributed by atoms with Crippen molar-refractivity contribution in [1.82, 2.24) is 0 Å². The van der Waals surface area contributed by atoms with E-state index in [9.17, 15) is 0 Å². The highest BCUT2D eigenvalue weighted by Crippen LogP contribution is 2.33. The fourth-order valence-electron chi connectivity index (χ4n) is 1.89. The Hall–Kier alpha value is -1.80. The van der Waals surface area contributed by atoms with Crippen LogP contribution in [0.2, 0.25) is 0 Å². The minimum Gasteiger partial charge on any atom is -0.456 e. The topological polar surface area (TPSA) is 9.23 Å². The third-order valence-corrected chi connectivity index (χ3v) is 3.39. The Bertz CT molecular complexity index is 677. The van der Waals surface area contributed by atoms with Gasteiger partial charge in [-0.1, -0.05) is 42.5 Å². The van der Waals surface area contributed by atoms with Gasteiger partial charge in [-0.25, -0.2) is 0 Å². The van der Waals surface area contributed by atoms with Crippen LogP contribution in [0.15, 0.2) is 71.2 Å². The zero-order valence-electron chi connectivity index (χ0n) is 9.64. The Morgan fingerprint density at radius 1 is 0.722 bits per heavy atom. The molecular weight excluding hydrogens is 288 g/mol. The Balaban J connectivity index is 2.04. The molecule has 0 fully saturated rings. The molecule has 0 aromatic heterocycles. The summed E-state index contributed by atoms with van der Waals surface area (Å²) < 4.78 is 6.83. The van der Waals surface area contributed by atoms with Crippen molar-refractivity contribution in [2.24, 2.45) is 0 Å². The fourth-order valence-corrected chi connectivity index (χ4v) is 2.33. The normalized spacial score (nSPS) is 10.5. The minimum absolute atomic E-state index is 0.833. The van der Waals surface area contributed by atoms with Crippen molar-refractivity contribution >= 4 is 26.7 Å². The van der Waals surface area contributed by atoms with Crippen LogP contribution in [0.4, 0.5) is 0 Å². The summed E-state index contributed by atoms with van der Waals surface area (Å²) in [5, 5.41) is 2.37. The van der Waals surface area contributed by atoms with Crippen LogP contribution in [0, 0.1) is 0 Å². The standard InChI is InChI=1S/C16H11BrO/c17-15-10-12-6-4-5-7-13(12)11-16(15)18-14-8-2-1-3-9-14/h1-11H. The van der Waals surface area contributed by atoms with Crippen LogP contribution >= 0.6 is 15.9 Å². The first kappa shape index (κ1) is 11.3. The van der Waals surface area contributed by atoms with Gasteiger partial charge in [-0.15, -0.1) is 0 Å². The van der Waals surface area contributed by atoms with Gasteiger partial charge >= 0.3 is 0 Å². The van der Waals surface area contributed by atoms with Gasteiger partial charge in [0.25, 0.3) is 0 Å². The summed E-state index contributed by atoms with van der Waals surface area (Å²) in [6.07, 6.45) is 0. The average molecular weight is 299 g/mol. The lowest BCUT2D eigenvalue weighted by molar-refractivity contribution is 0.480. The summed E-state index contributed by atoms with van der Waals surface area (Å²) in [5.74, 6) is 1.67. The molecule has 3 aromatic carbocycles. The van der Waals surface area contributed by atoms with Crippen molar-refractivity contribution < 1.29 is 4.74 Å². The Labute approximate surface area is 114 Å². The zero-order valence-corrected chi connectivity index (χ0v) is 11.2. The molecule has 3 aromatic rings. The number of halogens is 1. The maximum atomic E-state index is 5.87. The van der Waals surface area contributed by atoms with E-state index in [0.29, 0.717) is 0 Å². The van der Waals surface area contributed by atoms with E-state index in [2.05, 4.69) is 34.1 Å². The lowest BCUT2D eigenvalue weighted by Gasteiger charge is -2.09. The van der Waals surface area contributed by atoms with E-state index >= 15 is 0 Å². The Morgan fingerprint density at radius 3 is 2.06 bits per heavy atom. The van der Waals surface area contributed by atoms with Gasteiger partial charge in [0.05, 0.1) is 4.47 Å². The van der Waals surface area contributed by atoms with Crippen LogP contribution in [0.5, 0.6) is 11.5 Å². The molecule has 0 N–H and O–H groups in total. The molecule has 0 bridgehead atoms.